The van der Waals surface area contributed by atoms with Crippen molar-refractivity contribution in [3.63, 3.8) is 0 Å². The number of rotatable bonds is 6. The molecule has 4 rings (SSSR count). The summed E-state index contributed by atoms with van der Waals surface area (Å²) in [6.07, 6.45) is 7.42. The lowest BCUT2D eigenvalue weighted by Gasteiger charge is -2.39. The average molecular weight is 583 g/mol. The van der Waals surface area contributed by atoms with Gasteiger partial charge in [-0.1, -0.05) is 11.6 Å². The van der Waals surface area contributed by atoms with Crippen molar-refractivity contribution in [3.05, 3.63) is 59.5 Å². The summed E-state index contributed by atoms with van der Waals surface area (Å²) in [5.74, 6) is -2.26. The maximum atomic E-state index is 13.8. The number of hydrogen-bond acceptors (Lipinski definition) is 10. The van der Waals surface area contributed by atoms with Crippen LogP contribution in [0.2, 0.25) is 5.02 Å². The average Bonchev–Trinajstić information content (AvgIpc) is 3.21. The van der Waals surface area contributed by atoms with Crippen molar-refractivity contribution >= 4 is 53.0 Å². The lowest BCUT2D eigenvalue weighted by Crippen LogP contribution is -2.65. The van der Waals surface area contributed by atoms with Gasteiger partial charge < -0.3 is 20.3 Å². The van der Waals surface area contributed by atoms with Crippen LogP contribution in [0.1, 0.15) is 37.7 Å². The number of pyridine rings is 2. The fourth-order valence-corrected chi connectivity index (χ4v) is 4.40. The van der Waals surface area contributed by atoms with E-state index in [1.165, 1.54) is 36.8 Å². The molecule has 0 spiro atoms. The van der Waals surface area contributed by atoms with Crippen molar-refractivity contribution in [2.45, 2.75) is 38.5 Å². The largest absolute Gasteiger partial charge is 0.444 e. The van der Waals surface area contributed by atoms with E-state index >= 15 is 0 Å². The molecule has 2 aliphatic heterocycles. The zero-order chi connectivity index (χ0) is 29.6. The van der Waals surface area contributed by atoms with Gasteiger partial charge in [-0.25, -0.2) is 14.8 Å². The molecule has 2 aromatic heterocycles. The van der Waals surface area contributed by atoms with Crippen molar-refractivity contribution < 1.29 is 23.9 Å². The highest BCUT2D eigenvalue weighted by atomic mass is 35.5. The Bertz CT molecular complexity index is 1370. The van der Waals surface area contributed by atoms with Gasteiger partial charge >= 0.3 is 6.09 Å². The molecule has 0 aliphatic carbocycles. The van der Waals surface area contributed by atoms with Crippen LogP contribution in [0.4, 0.5) is 16.3 Å². The molecule has 3 amide bonds. The molecule has 41 heavy (non-hydrogen) atoms. The van der Waals surface area contributed by atoms with E-state index in [2.05, 4.69) is 31.1 Å². The summed E-state index contributed by atoms with van der Waals surface area (Å²) in [5.41, 5.74) is 0.460. The molecule has 0 radical (unpaired) electrons. The number of halogens is 1. The number of hydrogen-bond donors (Lipinski definition) is 3. The molecule has 2 aliphatic rings. The molecule has 0 bridgehead atoms. The van der Waals surface area contributed by atoms with Crippen molar-refractivity contribution in [1.29, 1.82) is 0 Å². The number of ether oxygens (including phenoxy) is 1. The van der Waals surface area contributed by atoms with Gasteiger partial charge in [-0.3, -0.25) is 24.7 Å². The minimum Gasteiger partial charge on any atom is -0.444 e. The number of nitrogens with one attached hydrogen (secondary N) is 3. The second kappa shape index (κ2) is 12.4. The van der Waals surface area contributed by atoms with Gasteiger partial charge in [0, 0.05) is 44.8 Å². The predicted octanol–water partition coefficient (Wildman–Crippen LogP) is 2.67. The molecule has 1 saturated heterocycles. The van der Waals surface area contributed by atoms with E-state index in [9.17, 15) is 19.2 Å². The van der Waals surface area contributed by atoms with Crippen molar-refractivity contribution in [1.82, 2.24) is 25.2 Å². The Hall–Kier alpha value is -4.36. The summed E-state index contributed by atoms with van der Waals surface area (Å²) in [7, 11) is 0. The molecule has 0 aromatic carbocycles. The highest BCUT2D eigenvalue weighted by Crippen LogP contribution is 2.23. The predicted molar refractivity (Wildman–Crippen MR) is 153 cm³/mol. The second-order valence-corrected chi connectivity index (χ2v) is 10.8. The van der Waals surface area contributed by atoms with Crippen LogP contribution in [0, 0.1) is 0 Å². The number of Topliss-reactive ketones (excluding diaryl/α,β-unsaturated/α-hetero) is 1. The molecule has 0 saturated carbocycles. The Balaban J connectivity index is 1.50. The van der Waals surface area contributed by atoms with Crippen molar-refractivity contribution in [2.75, 3.05) is 36.8 Å². The van der Waals surface area contributed by atoms with Gasteiger partial charge in [0.2, 0.25) is 0 Å². The van der Waals surface area contributed by atoms with Gasteiger partial charge in [0.15, 0.2) is 11.4 Å². The Morgan fingerprint density at radius 2 is 1.85 bits per heavy atom. The van der Waals surface area contributed by atoms with Gasteiger partial charge in [-0.15, -0.1) is 0 Å². The standard InChI is InChI=1S/C27H31ClN8O5/c1-26(2,3)41-25(40)35-13-6-14-36(16-15-35)27(10-5-12-31-34-27)22(37)24(39)32-19-7-4-11-29-21(19)23(38)33-20-9-8-18(28)17-30-20/h4-5,7-12,17,34H,6,13-16H2,1-3H3,(H,32,39)(H,30,33,38). The molecule has 216 valence electrons. The van der Waals surface area contributed by atoms with Gasteiger partial charge in [-0.05, 0) is 63.6 Å². The van der Waals surface area contributed by atoms with Gasteiger partial charge in [0.1, 0.15) is 11.4 Å². The van der Waals surface area contributed by atoms with Crippen LogP contribution < -0.4 is 16.1 Å². The number of carbonyl (C=O) groups is 4. The third kappa shape index (κ3) is 7.24. The summed E-state index contributed by atoms with van der Waals surface area (Å²) in [5, 5.41) is 9.56. The molecule has 1 unspecified atom stereocenters. The van der Waals surface area contributed by atoms with Crippen LogP contribution in [-0.2, 0) is 14.3 Å². The number of amides is 3. The molecule has 3 N–H and O–H groups in total. The van der Waals surface area contributed by atoms with E-state index in [1.54, 1.807) is 48.8 Å². The quantitative estimate of drug-likeness (QED) is 0.435. The lowest BCUT2D eigenvalue weighted by atomic mass is 9.99. The number of anilines is 2. The van der Waals surface area contributed by atoms with E-state index in [1.807, 2.05) is 0 Å². The smallest absolute Gasteiger partial charge is 0.410 e. The summed E-state index contributed by atoms with van der Waals surface area (Å²) >= 11 is 5.85. The van der Waals surface area contributed by atoms with Crippen LogP contribution in [0.25, 0.3) is 0 Å². The number of ketones is 1. The first kappa shape index (κ1) is 29.6. The van der Waals surface area contributed by atoms with Crippen molar-refractivity contribution in [3.8, 4) is 0 Å². The van der Waals surface area contributed by atoms with Gasteiger partial charge in [-0.2, -0.15) is 5.10 Å². The van der Waals surface area contributed by atoms with Gasteiger partial charge in [0.25, 0.3) is 17.6 Å². The third-order valence-corrected chi connectivity index (χ3v) is 6.40. The number of hydrazone groups is 1. The maximum absolute atomic E-state index is 13.8. The zero-order valence-electron chi connectivity index (χ0n) is 22.9. The lowest BCUT2D eigenvalue weighted by molar-refractivity contribution is -0.142. The molecule has 13 nitrogen and oxygen atoms in total. The van der Waals surface area contributed by atoms with Crippen LogP contribution in [-0.4, -0.2) is 87.1 Å². The fourth-order valence-electron chi connectivity index (χ4n) is 4.29. The molecular formula is C27H31ClN8O5. The number of carbonyl (C=O) groups excluding carboxylic acids is 4. The minimum atomic E-state index is -1.61. The first-order valence-electron chi connectivity index (χ1n) is 12.9. The Morgan fingerprint density at radius 3 is 2.54 bits per heavy atom. The Labute approximate surface area is 242 Å². The summed E-state index contributed by atoms with van der Waals surface area (Å²) in [6, 6.07) is 6.06. The molecule has 14 heteroatoms. The zero-order valence-corrected chi connectivity index (χ0v) is 23.6. The summed E-state index contributed by atoms with van der Waals surface area (Å²) < 4.78 is 5.50. The second-order valence-electron chi connectivity index (χ2n) is 10.3. The van der Waals surface area contributed by atoms with E-state index in [-0.39, 0.29) is 30.3 Å². The number of allylic oxidation sites excluding steroid dienone is 1. The first-order valence-corrected chi connectivity index (χ1v) is 13.3. The monoisotopic (exact) mass is 582 g/mol. The Morgan fingerprint density at radius 1 is 1.05 bits per heavy atom. The molecular weight excluding hydrogens is 552 g/mol. The van der Waals surface area contributed by atoms with E-state index in [4.69, 9.17) is 16.3 Å². The van der Waals surface area contributed by atoms with Crippen LogP contribution >= 0.6 is 11.6 Å². The molecule has 2 aromatic rings. The van der Waals surface area contributed by atoms with Crippen molar-refractivity contribution in [2.24, 2.45) is 5.10 Å². The van der Waals surface area contributed by atoms with Crippen LogP contribution in [0.15, 0.2) is 53.9 Å². The third-order valence-electron chi connectivity index (χ3n) is 6.17. The molecule has 1 atom stereocenters. The maximum Gasteiger partial charge on any atom is 0.410 e. The SMILES string of the molecule is CC(C)(C)OC(=O)N1CCCN(C2(C(=O)C(=O)Nc3cccnc3C(=O)Nc3ccc(Cl)cn3)C=CC=NN2)CC1. The highest BCUT2D eigenvalue weighted by Gasteiger charge is 2.47. The van der Waals surface area contributed by atoms with Gasteiger partial charge in [0.05, 0.1) is 10.7 Å². The molecule has 4 heterocycles. The fraction of sp³-hybridized carbons (Fsp3) is 0.370. The van der Waals surface area contributed by atoms with Crippen LogP contribution in [0.5, 0.6) is 0 Å². The van der Waals surface area contributed by atoms with E-state index in [0.29, 0.717) is 24.5 Å². The van der Waals surface area contributed by atoms with Crippen LogP contribution in [0.3, 0.4) is 0 Å². The number of nitrogens with zero attached hydrogens (tertiary/aromatic N) is 5. The van der Waals surface area contributed by atoms with E-state index < -0.39 is 35.0 Å². The minimum absolute atomic E-state index is 0.0303. The highest BCUT2D eigenvalue weighted by molar-refractivity contribution is 6.44. The Kier molecular flexibility index (Phi) is 8.98. The summed E-state index contributed by atoms with van der Waals surface area (Å²) in [6.45, 7) is 6.73. The normalized spacial score (nSPS) is 19.1. The van der Waals surface area contributed by atoms with E-state index in [0.717, 1.165) is 0 Å². The molecule has 1 fully saturated rings. The number of aromatic nitrogens is 2. The summed E-state index contributed by atoms with van der Waals surface area (Å²) in [4.78, 5) is 64.1. The topological polar surface area (TPSA) is 158 Å². The first-order chi connectivity index (χ1) is 19.5.